The van der Waals surface area contributed by atoms with E-state index in [4.69, 9.17) is 16.6 Å². The molecule has 7 heteroatoms. The molecule has 0 unspecified atom stereocenters. The average molecular weight is 390 g/mol. The molecule has 0 amide bonds. The first kappa shape index (κ1) is 17.7. The van der Waals surface area contributed by atoms with Crippen molar-refractivity contribution in [2.75, 3.05) is 5.32 Å². The van der Waals surface area contributed by atoms with Gasteiger partial charge in [0.05, 0.1) is 11.1 Å². The molecule has 28 heavy (non-hydrogen) atoms. The third-order valence-electron chi connectivity index (χ3n) is 4.41. The maximum Gasteiger partial charge on any atom is 0.336 e. The number of carboxylic acid groups (broad SMARTS) is 1. The number of carboxylic acids is 1. The summed E-state index contributed by atoms with van der Waals surface area (Å²) in [6.45, 7) is 0. The summed E-state index contributed by atoms with van der Waals surface area (Å²) in [5, 5.41) is 24.9. The third kappa shape index (κ3) is 2.97. The van der Waals surface area contributed by atoms with Gasteiger partial charge in [-0.15, -0.1) is 5.75 Å². The predicted octanol–water partition coefficient (Wildman–Crippen LogP) is 3.71. The molecular formula is C21H12NO5S-. The van der Waals surface area contributed by atoms with E-state index in [-0.39, 0.29) is 28.1 Å². The van der Waals surface area contributed by atoms with Crippen LogP contribution in [0.15, 0.2) is 63.8 Å². The lowest BCUT2D eigenvalue weighted by molar-refractivity contribution is -0.268. The zero-order valence-electron chi connectivity index (χ0n) is 14.3. The van der Waals surface area contributed by atoms with Gasteiger partial charge in [0, 0.05) is 28.3 Å². The molecule has 2 N–H and O–H groups in total. The van der Waals surface area contributed by atoms with Crippen LogP contribution < -0.4 is 15.9 Å². The summed E-state index contributed by atoms with van der Waals surface area (Å²) in [5.41, 5.74) is 3.48. The van der Waals surface area contributed by atoms with Gasteiger partial charge in [0.25, 0.3) is 0 Å². The number of nitrogens with one attached hydrogen (secondary N) is 1. The minimum absolute atomic E-state index is 0.0491. The number of carbonyl (C=O) groups is 1. The molecule has 2 aromatic carbocycles. The highest BCUT2D eigenvalue weighted by Crippen LogP contribution is 2.42. The summed E-state index contributed by atoms with van der Waals surface area (Å²) in [5.74, 6) is -1.09. The van der Waals surface area contributed by atoms with E-state index < -0.39 is 5.97 Å². The Morgan fingerprint density at radius 2 is 1.86 bits per heavy atom. The van der Waals surface area contributed by atoms with Crippen LogP contribution in [0.1, 0.15) is 10.4 Å². The van der Waals surface area contributed by atoms with Crippen molar-refractivity contribution < 1.29 is 19.4 Å². The van der Waals surface area contributed by atoms with Gasteiger partial charge in [-0.2, -0.15) is 0 Å². The van der Waals surface area contributed by atoms with Crippen molar-refractivity contribution in [3.05, 3.63) is 70.4 Å². The molecule has 2 aliphatic rings. The molecule has 1 heterocycles. The molecule has 0 fully saturated rings. The molecule has 0 radical (unpaired) electrons. The number of aromatic carboxylic acids is 1. The molecule has 1 aliphatic heterocycles. The van der Waals surface area contributed by atoms with Crippen molar-refractivity contribution in [1.82, 2.24) is 0 Å². The van der Waals surface area contributed by atoms with Crippen LogP contribution in [0.2, 0.25) is 0 Å². The van der Waals surface area contributed by atoms with E-state index in [2.05, 4.69) is 5.32 Å². The van der Waals surface area contributed by atoms with Crippen LogP contribution in [0.25, 0.3) is 33.4 Å². The van der Waals surface area contributed by atoms with E-state index in [1.54, 1.807) is 24.3 Å². The monoisotopic (exact) mass is 390 g/mol. The van der Waals surface area contributed by atoms with E-state index in [1.807, 2.05) is 0 Å². The van der Waals surface area contributed by atoms with Gasteiger partial charge in [-0.25, -0.2) is 4.79 Å². The summed E-state index contributed by atoms with van der Waals surface area (Å²) in [4.78, 5) is 23.7. The number of hydrogen-bond donors (Lipinski definition) is 2. The fraction of sp³-hybridized carbons (Fsp3) is 0. The van der Waals surface area contributed by atoms with Crippen molar-refractivity contribution in [1.29, 1.82) is 0 Å². The van der Waals surface area contributed by atoms with Gasteiger partial charge in [-0.1, -0.05) is 30.4 Å². The molecule has 2 aromatic rings. The van der Waals surface area contributed by atoms with Crippen LogP contribution in [0.5, 0.6) is 5.75 Å². The Labute approximate surface area is 164 Å². The lowest BCUT2D eigenvalue weighted by Gasteiger charge is -2.18. The van der Waals surface area contributed by atoms with Gasteiger partial charge in [0.1, 0.15) is 11.3 Å². The average Bonchev–Trinajstić information content (AvgIpc) is 2.66. The maximum absolute atomic E-state index is 11.9. The van der Waals surface area contributed by atoms with Crippen LogP contribution in [0.4, 0.5) is 5.69 Å². The summed E-state index contributed by atoms with van der Waals surface area (Å²) in [7, 11) is 0. The highest BCUT2D eigenvalue weighted by molar-refractivity contribution is 7.79. The quantitative estimate of drug-likeness (QED) is 0.404. The van der Waals surface area contributed by atoms with Crippen LogP contribution in [-0.2, 0) is 0 Å². The molecule has 0 saturated heterocycles. The number of benzene rings is 3. The van der Waals surface area contributed by atoms with E-state index in [0.717, 1.165) is 0 Å². The number of thiocarbonyl (C=S) groups is 1. The van der Waals surface area contributed by atoms with Gasteiger partial charge in [-0.3, -0.25) is 4.79 Å². The zero-order valence-corrected chi connectivity index (χ0v) is 15.1. The molecule has 0 saturated carbocycles. The van der Waals surface area contributed by atoms with Gasteiger partial charge in [0.15, 0.2) is 5.43 Å². The topological polar surface area (TPSA) is 103 Å². The smallest absolute Gasteiger partial charge is 0.336 e. The minimum Gasteiger partial charge on any atom is -0.872 e. The van der Waals surface area contributed by atoms with Crippen molar-refractivity contribution in [3.8, 4) is 28.2 Å². The number of hydrogen-bond acceptors (Lipinski definition) is 5. The highest BCUT2D eigenvalue weighted by atomic mass is 32.1. The predicted molar refractivity (Wildman–Crippen MR) is 108 cm³/mol. The van der Waals surface area contributed by atoms with Crippen LogP contribution in [0, 0.1) is 0 Å². The van der Waals surface area contributed by atoms with E-state index in [9.17, 15) is 19.8 Å². The number of fused-ring (bicyclic) bond motifs is 2. The van der Waals surface area contributed by atoms with Crippen LogP contribution >= 0.6 is 12.2 Å². The Morgan fingerprint density at radius 1 is 1.07 bits per heavy atom. The highest BCUT2D eigenvalue weighted by Gasteiger charge is 2.21. The first-order chi connectivity index (χ1) is 13.5. The normalized spacial score (nSPS) is 10.9. The molecule has 0 aromatic heterocycles. The van der Waals surface area contributed by atoms with E-state index in [1.165, 1.54) is 35.8 Å². The molecule has 138 valence electrons. The van der Waals surface area contributed by atoms with Crippen molar-refractivity contribution in [3.63, 3.8) is 0 Å². The Bertz CT molecular complexity index is 1280. The van der Waals surface area contributed by atoms with Crippen molar-refractivity contribution >= 4 is 40.3 Å². The summed E-state index contributed by atoms with van der Waals surface area (Å²) >= 11 is 4.77. The fourth-order valence-corrected chi connectivity index (χ4v) is 3.37. The van der Waals surface area contributed by atoms with Gasteiger partial charge < -0.3 is 19.9 Å². The van der Waals surface area contributed by atoms with E-state index in [0.29, 0.717) is 27.8 Å². The molecule has 0 bridgehead atoms. The standard InChI is InChI=1S/C21H13NO5S/c23-12-2-5-15-18(8-12)27-19-9-13(24)3-6-16(19)20(15)14-4-1-11(22-10-28)7-17(14)21(25)26/h1-10,23H,(H,22,28)(H,25,26)/p-1. The summed E-state index contributed by atoms with van der Waals surface area (Å²) < 4.78 is 5.75. The summed E-state index contributed by atoms with van der Waals surface area (Å²) in [6, 6.07) is 13.4. The number of rotatable bonds is 4. The second-order valence-electron chi connectivity index (χ2n) is 6.12. The SMILES string of the molecule is O=C(O)c1cc(NC=S)ccc1-c1c2ccc(=O)cc-2oc2cc([O-])ccc12. The molecule has 0 atom stereocenters. The molecule has 1 aliphatic carbocycles. The Hall–Kier alpha value is -3.71. The largest absolute Gasteiger partial charge is 0.872 e. The zero-order chi connectivity index (χ0) is 19.8. The Morgan fingerprint density at radius 3 is 2.61 bits per heavy atom. The Kier molecular flexibility index (Phi) is 4.29. The van der Waals surface area contributed by atoms with Crippen molar-refractivity contribution in [2.24, 2.45) is 0 Å². The molecule has 4 rings (SSSR count). The summed E-state index contributed by atoms with van der Waals surface area (Å²) in [6.07, 6.45) is 0. The molecule has 6 nitrogen and oxygen atoms in total. The van der Waals surface area contributed by atoms with Crippen LogP contribution in [-0.4, -0.2) is 16.6 Å². The third-order valence-corrected chi connectivity index (χ3v) is 4.53. The van der Waals surface area contributed by atoms with Crippen LogP contribution in [0.3, 0.4) is 0 Å². The van der Waals surface area contributed by atoms with E-state index >= 15 is 0 Å². The minimum atomic E-state index is -1.12. The van der Waals surface area contributed by atoms with Gasteiger partial charge in [0.2, 0.25) is 0 Å². The molecule has 0 spiro atoms. The van der Waals surface area contributed by atoms with Gasteiger partial charge in [-0.05, 0) is 35.9 Å². The first-order valence-corrected chi connectivity index (χ1v) is 8.70. The fourth-order valence-electron chi connectivity index (χ4n) is 3.24. The molecular weight excluding hydrogens is 378 g/mol. The first-order valence-electron chi connectivity index (χ1n) is 8.23. The maximum atomic E-state index is 11.9. The number of anilines is 1. The lowest BCUT2D eigenvalue weighted by atomic mass is 9.90. The Balaban J connectivity index is 2.14. The lowest BCUT2D eigenvalue weighted by Crippen LogP contribution is -2.05. The second kappa shape index (κ2) is 6.79. The van der Waals surface area contributed by atoms with Crippen molar-refractivity contribution in [2.45, 2.75) is 0 Å². The van der Waals surface area contributed by atoms with Gasteiger partial charge >= 0.3 is 5.97 Å². The second-order valence-corrected chi connectivity index (χ2v) is 6.36.